The first-order valence-corrected chi connectivity index (χ1v) is 28.7. The fraction of sp³-hybridized carbons (Fsp3) is 0.532. The maximum atomic E-state index is 14.7. The molecule has 1 radical (unpaired) electrons. The predicted molar refractivity (Wildman–Crippen MR) is 286 cm³/mol. The molecule has 7 unspecified atom stereocenters. The van der Waals surface area contributed by atoms with E-state index in [1.54, 1.807) is 27.0 Å². The molecule has 4 aliphatic heterocycles. The Morgan fingerprint density at radius 1 is 0.948 bits per heavy atom. The zero-order valence-electron chi connectivity index (χ0n) is 42.3. The SMILES string of the molecule is CCC1NC([S-])=C2N=C(OC2=O)C2CCCN2C(=O)C(Cc2ccc(O)cc2)NC(=O)C(NC(=O)C(CO)CC(=O)CNC([S-])=C2N=C(C(=O)CC(C)C)OC2=O)CSSCC(C(=O)NC(CCSC)C(=O)O)NC1=O.[Y]. The van der Waals surface area contributed by atoms with E-state index in [9.17, 15) is 63.3 Å². The van der Waals surface area contributed by atoms with E-state index in [2.05, 4.69) is 41.9 Å². The summed E-state index contributed by atoms with van der Waals surface area (Å²) in [5.41, 5.74) is -0.262. The second-order valence-electron chi connectivity index (χ2n) is 18.1. The minimum atomic E-state index is -1.53. The fourth-order valence-corrected chi connectivity index (χ4v) is 11.1. The van der Waals surface area contributed by atoms with E-state index in [1.165, 1.54) is 40.9 Å². The molecular weight excluding hydrogens is 1180 g/mol. The predicted octanol–water partition coefficient (Wildman–Crippen LogP) is -0.422. The number of fused-ring (bicyclic) bond motifs is 3. The first kappa shape index (κ1) is 64.6. The maximum Gasteiger partial charge on any atom is 0.363 e. The van der Waals surface area contributed by atoms with Crippen molar-refractivity contribution in [1.82, 2.24) is 36.8 Å². The number of cyclic esters (lactones) is 1. The standard InChI is InChI=1S/C47H61N9O15S5.Y/c1-5-27-37(62)52-31(38(63)49-28(45(66)67)12-14-74-4)21-76-75-20-30(51-36(61)24(19-57)17-26(59)18-48-42(72)34-46(68)71-41(55-34)33(60)15-22(2)3)39(64)50-29(16-23-8-10-25(58)11-9-23)44(65)56-13-6-7-32(56)40-54-35(43(73)53-27)47(69)70-40;/h8-11,22,24,27-32,48,53,57-58,72-73H,5-7,12-21H2,1-4H3,(H,49,63)(H,50,64)(H,51,61)(H,52,62)(H,66,67);/p-2. The third-order valence-corrected chi connectivity index (χ3v) is 15.6. The Balaban J connectivity index is 0.0000128. The van der Waals surface area contributed by atoms with Gasteiger partial charge in [0.2, 0.25) is 41.2 Å². The Morgan fingerprint density at radius 3 is 2.30 bits per heavy atom. The molecule has 30 heteroatoms. The summed E-state index contributed by atoms with van der Waals surface area (Å²) >= 11 is 12.1. The number of aliphatic hydroxyl groups is 1. The van der Waals surface area contributed by atoms with Gasteiger partial charge in [0.25, 0.3) is 5.90 Å². The Labute approximate surface area is 492 Å². The van der Waals surface area contributed by atoms with Crippen LogP contribution in [0.15, 0.2) is 55.7 Å². The first-order valence-electron chi connectivity index (χ1n) is 24.0. The van der Waals surface area contributed by atoms with Gasteiger partial charge in [0.1, 0.15) is 53.4 Å². The van der Waals surface area contributed by atoms with E-state index in [1.807, 2.05) is 0 Å². The minimum Gasteiger partial charge on any atom is -0.760 e. The molecule has 0 saturated carbocycles. The molecule has 1 saturated heterocycles. The van der Waals surface area contributed by atoms with Crippen molar-refractivity contribution in [1.29, 1.82) is 0 Å². The van der Waals surface area contributed by atoms with Crippen LogP contribution in [-0.4, -0.2) is 170 Å². The van der Waals surface area contributed by atoms with Crippen LogP contribution >= 0.6 is 33.3 Å². The van der Waals surface area contributed by atoms with Gasteiger partial charge in [0.05, 0.1) is 19.1 Å². The van der Waals surface area contributed by atoms with Crippen LogP contribution in [0, 0.1) is 11.8 Å². The van der Waals surface area contributed by atoms with Gasteiger partial charge in [-0.05, 0) is 61.3 Å². The van der Waals surface area contributed by atoms with Crippen molar-refractivity contribution in [3.63, 3.8) is 0 Å². The van der Waals surface area contributed by atoms with Gasteiger partial charge < -0.3 is 86.9 Å². The van der Waals surface area contributed by atoms with Crippen molar-refractivity contribution >= 4 is 129 Å². The number of rotatable bonds is 20. The Kier molecular flexibility index (Phi) is 26.0. The van der Waals surface area contributed by atoms with Gasteiger partial charge in [-0.25, -0.2) is 24.4 Å². The number of ketones is 2. The number of Topliss-reactive ketones (excluding diaryl/α,β-unsaturated/α-hetero) is 2. The van der Waals surface area contributed by atoms with Gasteiger partial charge >= 0.3 is 17.9 Å². The molecule has 0 spiro atoms. The Morgan fingerprint density at radius 2 is 1.65 bits per heavy atom. The normalized spacial score (nSPS) is 22.8. The number of amides is 5. The number of carboxylic acids is 1. The van der Waals surface area contributed by atoms with Crippen molar-refractivity contribution in [3.05, 3.63) is 51.3 Å². The van der Waals surface area contributed by atoms with Crippen molar-refractivity contribution in [2.75, 3.05) is 43.2 Å². The Hall–Kier alpha value is -4.91. The molecule has 7 atom stereocenters. The van der Waals surface area contributed by atoms with Crippen molar-refractivity contribution in [3.8, 4) is 5.75 Å². The van der Waals surface area contributed by atoms with Crippen LogP contribution < -0.4 is 31.9 Å². The van der Waals surface area contributed by atoms with E-state index in [0.717, 1.165) is 21.6 Å². The number of carbonyl (C=O) groups excluding carboxylic acids is 9. The molecule has 0 aliphatic carbocycles. The van der Waals surface area contributed by atoms with Crippen LogP contribution in [-0.2, 0) is 122 Å². The molecular formula is C47H59N9O15S5Y-2. The molecule has 1 aromatic carbocycles. The number of nitrogens with zero attached hydrogens (tertiary/aromatic N) is 3. The number of carboxylic acid groups (broad SMARTS) is 1. The summed E-state index contributed by atoms with van der Waals surface area (Å²) in [5.74, 6) is -11.0. The summed E-state index contributed by atoms with van der Waals surface area (Å²) in [6.07, 6.45) is 1.91. The maximum absolute atomic E-state index is 14.7. The van der Waals surface area contributed by atoms with E-state index in [4.69, 9.17) is 34.7 Å². The van der Waals surface area contributed by atoms with Crippen molar-refractivity contribution in [2.24, 2.45) is 21.8 Å². The molecule has 417 valence electrons. The van der Waals surface area contributed by atoms with Gasteiger partial charge in [0.15, 0.2) is 5.78 Å². The number of phenolic OH excluding ortho intramolecular Hbond substituents is 1. The summed E-state index contributed by atoms with van der Waals surface area (Å²) in [6, 6.07) is -1.84. The zero-order chi connectivity index (χ0) is 55.8. The molecule has 24 nitrogen and oxygen atoms in total. The van der Waals surface area contributed by atoms with Crippen LogP contribution in [0.3, 0.4) is 0 Å². The number of hydrogen-bond donors (Lipinski definition) is 9. The van der Waals surface area contributed by atoms with E-state index < -0.39 is 132 Å². The summed E-state index contributed by atoms with van der Waals surface area (Å²) in [4.78, 5) is 144. The smallest absolute Gasteiger partial charge is 0.363 e. The van der Waals surface area contributed by atoms with Gasteiger partial charge in [-0.2, -0.15) is 11.8 Å². The molecule has 9 N–H and O–H groups in total. The van der Waals surface area contributed by atoms with Crippen LogP contribution in [0.5, 0.6) is 5.75 Å². The van der Waals surface area contributed by atoms with Crippen molar-refractivity contribution < 1.29 is 105 Å². The number of esters is 2. The molecule has 5 amide bonds. The topological polar surface area (TPSA) is 350 Å². The summed E-state index contributed by atoms with van der Waals surface area (Å²) in [7, 11) is 1.91. The molecule has 77 heavy (non-hydrogen) atoms. The van der Waals surface area contributed by atoms with Crippen LogP contribution in [0.1, 0.15) is 64.9 Å². The number of carbonyl (C=O) groups is 10. The third kappa shape index (κ3) is 18.6. The second kappa shape index (κ2) is 31.0. The zero-order valence-corrected chi connectivity index (χ0v) is 49.2. The monoisotopic (exact) mass is 1240 g/mol. The minimum absolute atomic E-state index is 0. The first-order chi connectivity index (χ1) is 36.1. The molecule has 2 bridgehead atoms. The molecule has 5 rings (SSSR count). The number of aliphatic imine (C=N–C) groups is 2. The quantitative estimate of drug-likeness (QED) is 0.0346. The number of ether oxygens (including phenoxy) is 2. The molecule has 4 heterocycles. The number of thioether (sulfide) groups is 1. The van der Waals surface area contributed by atoms with Gasteiger partial charge in [-0.3, -0.25) is 33.6 Å². The molecule has 4 aliphatic rings. The summed E-state index contributed by atoms with van der Waals surface area (Å²) in [5, 5.41) is 45.5. The van der Waals surface area contributed by atoms with Crippen LogP contribution in [0.4, 0.5) is 0 Å². The Bertz CT molecular complexity index is 2550. The summed E-state index contributed by atoms with van der Waals surface area (Å²) < 4.78 is 10.5. The van der Waals surface area contributed by atoms with Gasteiger partial charge in [-0.1, -0.05) is 64.5 Å². The summed E-state index contributed by atoms with van der Waals surface area (Å²) in [6.45, 7) is 3.91. The second-order valence-corrected chi connectivity index (χ2v) is 22.5. The van der Waals surface area contributed by atoms with Gasteiger partial charge in [0, 0.05) is 70.0 Å². The third-order valence-electron chi connectivity index (χ3n) is 11.9. The molecule has 0 aromatic heterocycles. The van der Waals surface area contributed by atoms with E-state index in [0.29, 0.717) is 17.7 Å². The van der Waals surface area contributed by atoms with E-state index >= 15 is 0 Å². The number of aromatic hydroxyl groups is 1. The van der Waals surface area contributed by atoms with E-state index in [-0.39, 0.29) is 116 Å². The largest absolute Gasteiger partial charge is 0.760 e. The van der Waals surface area contributed by atoms with Gasteiger partial charge in [-0.15, -0.1) is 0 Å². The van der Waals surface area contributed by atoms with Crippen LogP contribution in [0.2, 0.25) is 0 Å². The number of hydrogen-bond acceptors (Lipinski definition) is 23. The average molecular weight is 1240 g/mol. The number of phenols is 1. The number of aliphatic hydroxyl groups excluding tert-OH is 1. The van der Waals surface area contributed by atoms with Crippen LogP contribution in [0.25, 0.3) is 0 Å². The average Bonchev–Trinajstić information content (AvgIpc) is 4.14. The fourth-order valence-electron chi connectivity index (χ4n) is 7.82. The van der Waals surface area contributed by atoms with Crippen molar-refractivity contribution in [2.45, 2.75) is 102 Å². The number of aliphatic carboxylic acids is 1. The molecule has 1 fully saturated rings. The number of benzene rings is 1. The number of nitrogens with one attached hydrogen (secondary N) is 6. The molecule has 1 aromatic rings.